The van der Waals surface area contributed by atoms with Gasteiger partial charge in [-0.25, -0.2) is 9.59 Å². The number of nitrogens with zero attached hydrogens (tertiary/aromatic N) is 1. The average Bonchev–Trinajstić information content (AvgIpc) is 2.27. The number of carbonyl (C=O) groups is 2. The third-order valence-electron chi connectivity index (χ3n) is 1.96. The monoisotopic (exact) mass is 241 g/mol. The standard InChI is InChI=1S/C10H11NO4S/c1-11(16)8-4-6(9(12)13)3-7(5-8)10(14)15-2/h3-5,16H,1-2H3,(H,12,13). The molecule has 0 spiro atoms. The normalized spacial score (nSPS) is 9.69. The Bertz CT molecular complexity index is 431. The van der Waals surface area contributed by atoms with Crippen LogP contribution in [-0.4, -0.2) is 31.2 Å². The van der Waals surface area contributed by atoms with Gasteiger partial charge in [0, 0.05) is 12.7 Å². The molecule has 0 aliphatic rings. The highest BCUT2D eigenvalue weighted by molar-refractivity contribution is 7.81. The zero-order valence-electron chi connectivity index (χ0n) is 8.80. The molecule has 0 amide bonds. The summed E-state index contributed by atoms with van der Waals surface area (Å²) in [6.45, 7) is 0. The number of carbonyl (C=O) groups excluding carboxylic acids is 1. The van der Waals surface area contributed by atoms with Crippen LogP contribution in [0.4, 0.5) is 5.69 Å². The van der Waals surface area contributed by atoms with Gasteiger partial charge in [0.05, 0.1) is 18.2 Å². The summed E-state index contributed by atoms with van der Waals surface area (Å²) in [5, 5.41) is 8.87. The lowest BCUT2D eigenvalue weighted by Gasteiger charge is -2.12. The summed E-state index contributed by atoms with van der Waals surface area (Å²) in [5.74, 6) is -1.69. The maximum atomic E-state index is 11.3. The zero-order valence-corrected chi connectivity index (χ0v) is 9.69. The fraction of sp³-hybridized carbons (Fsp3) is 0.200. The maximum Gasteiger partial charge on any atom is 0.337 e. The molecule has 5 nitrogen and oxygen atoms in total. The van der Waals surface area contributed by atoms with E-state index in [9.17, 15) is 9.59 Å². The first-order valence-corrected chi connectivity index (χ1v) is 4.75. The molecule has 0 saturated heterocycles. The number of hydrogen-bond donors (Lipinski definition) is 2. The SMILES string of the molecule is COC(=O)c1cc(C(=O)O)cc(N(C)S)c1. The van der Waals surface area contributed by atoms with Crippen molar-refractivity contribution in [2.45, 2.75) is 0 Å². The summed E-state index contributed by atoms with van der Waals surface area (Å²) >= 11 is 4.04. The lowest BCUT2D eigenvalue weighted by atomic mass is 10.1. The van der Waals surface area contributed by atoms with E-state index in [1.807, 2.05) is 0 Å². The number of carboxylic acid groups (broad SMARTS) is 1. The first-order chi connectivity index (χ1) is 7.45. The van der Waals surface area contributed by atoms with Gasteiger partial charge in [0.25, 0.3) is 0 Å². The minimum absolute atomic E-state index is 0.0128. The number of anilines is 1. The molecular weight excluding hydrogens is 230 g/mol. The molecule has 6 heteroatoms. The van der Waals surface area contributed by atoms with Gasteiger partial charge >= 0.3 is 11.9 Å². The molecule has 0 saturated carbocycles. The van der Waals surface area contributed by atoms with E-state index in [0.29, 0.717) is 5.69 Å². The predicted molar refractivity (Wildman–Crippen MR) is 62.1 cm³/mol. The number of carboxylic acids is 1. The topological polar surface area (TPSA) is 66.8 Å². The van der Waals surface area contributed by atoms with E-state index in [1.54, 1.807) is 7.05 Å². The predicted octanol–water partition coefficient (Wildman–Crippen LogP) is 1.45. The van der Waals surface area contributed by atoms with Gasteiger partial charge in [-0.05, 0) is 18.2 Å². The van der Waals surface area contributed by atoms with E-state index < -0.39 is 11.9 Å². The molecule has 0 bridgehead atoms. The number of aromatic carboxylic acids is 1. The number of thiol groups is 1. The molecule has 86 valence electrons. The number of benzene rings is 1. The van der Waals surface area contributed by atoms with Crippen molar-refractivity contribution in [1.29, 1.82) is 0 Å². The van der Waals surface area contributed by atoms with Crippen molar-refractivity contribution in [3.8, 4) is 0 Å². The molecule has 0 unspecified atom stereocenters. The molecular formula is C10H11NO4S. The number of esters is 1. The van der Waals surface area contributed by atoms with Crippen molar-refractivity contribution in [2.24, 2.45) is 0 Å². The summed E-state index contributed by atoms with van der Waals surface area (Å²) in [6, 6.07) is 4.18. The van der Waals surface area contributed by atoms with E-state index in [-0.39, 0.29) is 11.1 Å². The highest BCUT2D eigenvalue weighted by Crippen LogP contribution is 2.20. The van der Waals surface area contributed by atoms with Crippen LogP contribution in [-0.2, 0) is 4.74 Å². The van der Waals surface area contributed by atoms with Crippen LogP contribution in [0.25, 0.3) is 0 Å². The van der Waals surface area contributed by atoms with Gasteiger partial charge in [0.15, 0.2) is 0 Å². The van der Waals surface area contributed by atoms with Crippen LogP contribution in [0.1, 0.15) is 20.7 Å². The van der Waals surface area contributed by atoms with Gasteiger partial charge in [-0.1, -0.05) is 12.8 Å². The summed E-state index contributed by atoms with van der Waals surface area (Å²) < 4.78 is 5.95. The smallest absolute Gasteiger partial charge is 0.337 e. The largest absolute Gasteiger partial charge is 0.478 e. The lowest BCUT2D eigenvalue weighted by Crippen LogP contribution is -2.09. The van der Waals surface area contributed by atoms with Crippen molar-refractivity contribution >= 4 is 30.4 Å². The van der Waals surface area contributed by atoms with Crippen molar-refractivity contribution in [2.75, 3.05) is 18.5 Å². The molecule has 1 N–H and O–H groups in total. The Labute approximate surface area is 98.2 Å². The first kappa shape index (κ1) is 12.4. The van der Waals surface area contributed by atoms with Crippen molar-refractivity contribution in [3.05, 3.63) is 29.3 Å². The third-order valence-corrected chi connectivity index (χ3v) is 2.19. The van der Waals surface area contributed by atoms with Gasteiger partial charge in [-0.2, -0.15) is 0 Å². The van der Waals surface area contributed by atoms with Gasteiger partial charge in [0.2, 0.25) is 0 Å². The second-order valence-corrected chi connectivity index (χ2v) is 3.69. The van der Waals surface area contributed by atoms with E-state index >= 15 is 0 Å². The Morgan fingerprint density at radius 1 is 1.31 bits per heavy atom. The van der Waals surface area contributed by atoms with Gasteiger partial charge in [0.1, 0.15) is 0 Å². The van der Waals surface area contributed by atoms with Crippen LogP contribution in [0.3, 0.4) is 0 Å². The quantitative estimate of drug-likeness (QED) is 0.619. The molecule has 0 fully saturated rings. The fourth-order valence-corrected chi connectivity index (χ4v) is 1.27. The minimum Gasteiger partial charge on any atom is -0.478 e. The van der Waals surface area contributed by atoms with Crippen LogP contribution < -0.4 is 4.31 Å². The van der Waals surface area contributed by atoms with Crippen LogP contribution >= 0.6 is 12.8 Å². The molecule has 0 heterocycles. The van der Waals surface area contributed by atoms with E-state index in [1.165, 1.54) is 29.6 Å². The van der Waals surface area contributed by atoms with E-state index in [4.69, 9.17) is 5.11 Å². The van der Waals surface area contributed by atoms with E-state index in [0.717, 1.165) is 0 Å². The maximum absolute atomic E-state index is 11.3. The Balaban J connectivity index is 3.29. The molecule has 0 aliphatic carbocycles. The molecule has 0 aromatic heterocycles. The third kappa shape index (κ3) is 2.66. The Morgan fingerprint density at radius 2 is 1.88 bits per heavy atom. The van der Waals surface area contributed by atoms with Crippen LogP contribution in [0, 0.1) is 0 Å². The molecule has 1 aromatic carbocycles. The van der Waals surface area contributed by atoms with Crippen LogP contribution in [0.2, 0.25) is 0 Å². The highest BCUT2D eigenvalue weighted by atomic mass is 32.1. The van der Waals surface area contributed by atoms with Crippen molar-refractivity contribution in [3.63, 3.8) is 0 Å². The summed E-state index contributed by atoms with van der Waals surface area (Å²) in [6.07, 6.45) is 0. The minimum atomic E-state index is -1.11. The lowest BCUT2D eigenvalue weighted by molar-refractivity contribution is 0.0601. The van der Waals surface area contributed by atoms with Crippen LogP contribution in [0.15, 0.2) is 18.2 Å². The van der Waals surface area contributed by atoms with Crippen LogP contribution in [0.5, 0.6) is 0 Å². The number of methoxy groups -OCH3 is 1. The van der Waals surface area contributed by atoms with Crippen molar-refractivity contribution < 1.29 is 19.4 Å². The van der Waals surface area contributed by atoms with Crippen molar-refractivity contribution in [1.82, 2.24) is 0 Å². The highest BCUT2D eigenvalue weighted by Gasteiger charge is 2.13. The Hall–Kier alpha value is -1.69. The number of rotatable bonds is 3. The summed E-state index contributed by atoms with van der Waals surface area (Å²) in [4.78, 5) is 22.1. The van der Waals surface area contributed by atoms with Gasteiger partial charge in [-0.3, -0.25) is 0 Å². The number of ether oxygens (including phenoxy) is 1. The summed E-state index contributed by atoms with van der Waals surface area (Å²) in [7, 11) is 2.87. The fourth-order valence-electron chi connectivity index (χ4n) is 1.16. The molecule has 16 heavy (non-hydrogen) atoms. The number of hydrogen-bond acceptors (Lipinski definition) is 5. The van der Waals surface area contributed by atoms with Gasteiger partial charge < -0.3 is 14.1 Å². The Morgan fingerprint density at radius 3 is 2.31 bits per heavy atom. The molecule has 0 atom stereocenters. The molecule has 1 rings (SSSR count). The second kappa shape index (κ2) is 4.89. The molecule has 1 aromatic rings. The molecule has 0 radical (unpaired) electrons. The Kier molecular flexibility index (Phi) is 3.78. The average molecular weight is 241 g/mol. The first-order valence-electron chi connectivity index (χ1n) is 4.35. The van der Waals surface area contributed by atoms with E-state index in [2.05, 4.69) is 17.6 Å². The molecule has 0 aliphatic heterocycles. The zero-order chi connectivity index (χ0) is 12.3. The van der Waals surface area contributed by atoms with Gasteiger partial charge in [-0.15, -0.1) is 0 Å². The summed E-state index contributed by atoms with van der Waals surface area (Å²) in [5.41, 5.74) is 0.695. The second-order valence-electron chi connectivity index (χ2n) is 3.09.